The summed E-state index contributed by atoms with van der Waals surface area (Å²) >= 11 is 0. The van der Waals surface area contributed by atoms with Gasteiger partial charge in [-0.15, -0.1) is 24.0 Å². The van der Waals surface area contributed by atoms with E-state index in [1.807, 2.05) is 67.5 Å². The van der Waals surface area contributed by atoms with Gasteiger partial charge in [-0.1, -0.05) is 48.5 Å². The molecule has 5 nitrogen and oxygen atoms in total. The van der Waals surface area contributed by atoms with Gasteiger partial charge >= 0.3 is 0 Å². The molecule has 6 heteroatoms. The number of nitrogens with zero attached hydrogens (tertiary/aromatic N) is 3. The van der Waals surface area contributed by atoms with Crippen LogP contribution in [0.4, 0.5) is 0 Å². The molecular formula is C20H23IN4O. The van der Waals surface area contributed by atoms with Crippen molar-refractivity contribution in [3.63, 3.8) is 0 Å². The fourth-order valence-electron chi connectivity index (χ4n) is 2.38. The van der Waals surface area contributed by atoms with Crippen molar-refractivity contribution in [2.24, 2.45) is 4.99 Å². The minimum Gasteiger partial charge on any atom is -0.444 e. The molecule has 0 aliphatic carbocycles. The number of oxazole rings is 1. The molecule has 1 aromatic heterocycles. The summed E-state index contributed by atoms with van der Waals surface area (Å²) in [6.07, 6.45) is 1.68. The second-order valence-corrected chi connectivity index (χ2v) is 5.88. The number of hydrogen-bond acceptors (Lipinski definition) is 3. The van der Waals surface area contributed by atoms with E-state index in [-0.39, 0.29) is 24.0 Å². The topological polar surface area (TPSA) is 53.7 Å². The zero-order chi connectivity index (χ0) is 17.5. The molecule has 0 amide bonds. The summed E-state index contributed by atoms with van der Waals surface area (Å²) in [5, 5.41) is 3.32. The van der Waals surface area contributed by atoms with Crippen LogP contribution in [0.2, 0.25) is 0 Å². The van der Waals surface area contributed by atoms with Crippen LogP contribution in [0.25, 0.3) is 11.5 Å². The maximum absolute atomic E-state index is 5.57. The monoisotopic (exact) mass is 462 g/mol. The van der Waals surface area contributed by atoms with E-state index in [2.05, 4.69) is 27.4 Å². The standard InChI is InChI=1S/C20H22N4O.HI/c1-24(2)20(21-13-16-9-5-3-6-10-16)22-14-18-15-25-19(23-18)17-11-7-4-8-12-17;/h3-12,15H,13-14H2,1-2H3,(H,21,22);1H. The first-order valence-electron chi connectivity index (χ1n) is 8.22. The minimum atomic E-state index is 0. The molecule has 0 saturated heterocycles. The van der Waals surface area contributed by atoms with Crippen LogP contribution < -0.4 is 5.32 Å². The molecule has 2 aromatic carbocycles. The Balaban J connectivity index is 0.00000243. The third-order valence-corrected chi connectivity index (χ3v) is 3.68. The van der Waals surface area contributed by atoms with Gasteiger partial charge in [-0.25, -0.2) is 9.98 Å². The Hall–Kier alpha value is -2.35. The van der Waals surface area contributed by atoms with Gasteiger partial charge < -0.3 is 14.6 Å². The van der Waals surface area contributed by atoms with Crippen molar-refractivity contribution >= 4 is 29.9 Å². The Labute approximate surface area is 171 Å². The molecule has 0 aliphatic heterocycles. The number of aliphatic imine (C=N–C) groups is 1. The lowest BCUT2D eigenvalue weighted by Gasteiger charge is -2.17. The smallest absolute Gasteiger partial charge is 0.226 e. The lowest BCUT2D eigenvalue weighted by Crippen LogP contribution is -2.36. The van der Waals surface area contributed by atoms with E-state index in [0.717, 1.165) is 17.2 Å². The fraction of sp³-hybridized carbons (Fsp3) is 0.200. The zero-order valence-electron chi connectivity index (χ0n) is 14.9. The van der Waals surface area contributed by atoms with E-state index in [1.54, 1.807) is 6.26 Å². The maximum Gasteiger partial charge on any atom is 0.226 e. The van der Waals surface area contributed by atoms with Crippen molar-refractivity contribution in [1.29, 1.82) is 0 Å². The number of benzene rings is 2. The lowest BCUT2D eigenvalue weighted by molar-refractivity contribution is 0.566. The molecule has 0 atom stereocenters. The molecule has 0 unspecified atom stereocenters. The Morgan fingerprint density at radius 1 is 1.04 bits per heavy atom. The Kier molecular flexibility index (Phi) is 7.65. The fourth-order valence-corrected chi connectivity index (χ4v) is 2.38. The van der Waals surface area contributed by atoms with Gasteiger partial charge in [0.15, 0.2) is 5.96 Å². The molecule has 0 bridgehead atoms. The van der Waals surface area contributed by atoms with Gasteiger partial charge in [0.2, 0.25) is 5.89 Å². The quantitative estimate of drug-likeness (QED) is 0.352. The van der Waals surface area contributed by atoms with Crippen LogP contribution in [-0.4, -0.2) is 29.9 Å². The Morgan fingerprint density at radius 3 is 2.35 bits per heavy atom. The normalized spacial score (nSPS) is 10.9. The van der Waals surface area contributed by atoms with Crippen LogP contribution >= 0.6 is 24.0 Å². The number of halogens is 1. The highest BCUT2D eigenvalue weighted by Gasteiger charge is 2.08. The summed E-state index contributed by atoms with van der Waals surface area (Å²) in [6.45, 7) is 1.19. The summed E-state index contributed by atoms with van der Waals surface area (Å²) in [7, 11) is 3.93. The average molecular weight is 462 g/mol. The number of rotatable bonds is 5. The predicted octanol–water partition coefficient (Wildman–Crippen LogP) is 4.17. The van der Waals surface area contributed by atoms with E-state index < -0.39 is 0 Å². The van der Waals surface area contributed by atoms with Crippen molar-refractivity contribution < 1.29 is 4.42 Å². The van der Waals surface area contributed by atoms with Crippen LogP contribution in [0.3, 0.4) is 0 Å². The third kappa shape index (κ3) is 5.59. The SMILES string of the molecule is CN(C)C(=NCc1ccccc1)NCc1coc(-c2ccccc2)n1.I. The van der Waals surface area contributed by atoms with Crippen LogP contribution in [0.5, 0.6) is 0 Å². The Morgan fingerprint density at radius 2 is 1.69 bits per heavy atom. The number of guanidine groups is 1. The molecule has 3 rings (SSSR count). The van der Waals surface area contributed by atoms with E-state index in [9.17, 15) is 0 Å². The van der Waals surface area contributed by atoms with E-state index in [4.69, 9.17) is 4.42 Å². The van der Waals surface area contributed by atoms with E-state index in [1.165, 1.54) is 5.56 Å². The van der Waals surface area contributed by atoms with Gasteiger partial charge in [0.1, 0.15) is 6.26 Å². The van der Waals surface area contributed by atoms with Crippen molar-refractivity contribution in [1.82, 2.24) is 15.2 Å². The summed E-state index contributed by atoms with van der Waals surface area (Å²) in [5.74, 6) is 1.44. The predicted molar refractivity (Wildman–Crippen MR) is 115 cm³/mol. The summed E-state index contributed by atoms with van der Waals surface area (Å²) < 4.78 is 5.57. The van der Waals surface area contributed by atoms with Crippen molar-refractivity contribution in [3.05, 3.63) is 78.2 Å². The van der Waals surface area contributed by atoms with Crippen molar-refractivity contribution in [2.45, 2.75) is 13.1 Å². The van der Waals surface area contributed by atoms with Crippen LogP contribution in [-0.2, 0) is 13.1 Å². The molecule has 0 spiro atoms. The molecule has 0 fully saturated rings. The highest BCUT2D eigenvalue weighted by atomic mass is 127. The summed E-state index contributed by atoms with van der Waals surface area (Å²) in [6, 6.07) is 20.1. The Bertz CT molecular complexity index is 816. The second-order valence-electron chi connectivity index (χ2n) is 5.88. The highest BCUT2D eigenvalue weighted by molar-refractivity contribution is 14.0. The third-order valence-electron chi connectivity index (χ3n) is 3.68. The van der Waals surface area contributed by atoms with Gasteiger partial charge in [0.25, 0.3) is 0 Å². The lowest BCUT2D eigenvalue weighted by atomic mass is 10.2. The first-order chi connectivity index (χ1) is 12.2. The van der Waals surface area contributed by atoms with E-state index >= 15 is 0 Å². The number of aromatic nitrogens is 1. The molecule has 26 heavy (non-hydrogen) atoms. The minimum absolute atomic E-state index is 0. The van der Waals surface area contributed by atoms with Gasteiger partial charge in [0, 0.05) is 19.7 Å². The first kappa shape index (κ1) is 20.0. The molecule has 0 radical (unpaired) electrons. The van der Waals surface area contributed by atoms with Crippen LogP contribution in [0.15, 0.2) is 76.3 Å². The molecule has 0 aliphatic rings. The van der Waals surface area contributed by atoms with E-state index in [0.29, 0.717) is 19.0 Å². The molecule has 1 heterocycles. The van der Waals surface area contributed by atoms with Gasteiger partial charge in [-0.05, 0) is 17.7 Å². The second kappa shape index (κ2) is 9.96. The summed E-state index contributed by atoms with van der Waals surface area (Å²) in [4.78, 5) is 11.1. The maximum atomic E-state index is 5.57. The van der Waals surface area contributed by atoms with Gasteiger partial charge in [-0.3, -0.25) is 0 Å². The first-order valence-corrected chi connectivity index (χ1v) is 8.22. The number of hydrogen-bond donors (Lipinski definition) is 1. The highest BCUT2D eigenvalue weighted by Crippen LogP contribution is 2.17. The summed E-state index contributed by atoms with van der Waals surface area (Å²) in [5.41, 5.74) is 2.99. The molecular weight excluding hydrogens is 439 g/mol. The zero-order valence-corrected chi connectivity index (χ0v) is 17.3. The van der Waals surface area contributed by atoms with Gasteiger partial charge in [0.05, 0.1) is 18.8 Å². The average Bonchev–Trinajstić information content (AvgIpc) is 3.12. The molecule has 1 N–H and O–H groups in total. The largest absolute Gasteiger partial charge is 0.444 e. The molecule has 136 valence electrons. The molecule has 0 saturated carbocycles. The molecule has 3 aromatic rings. The van der Waals surface area contributed by atoms with Crippen LogP contribution in [0, 0.1) is 0 Å². The number of nitrogens with one attached hydrogen (secondary N) is 1. The van der Waals surface area contributed by atoms with Crippen molar-refractivity contribution in [2.75, 3.05) is 14.1 Å². The van der Waals surface area contributed by atoms with Gasteiger partial charge in [-0.2, -0.15) is 0 Å². The van der Waals surface area contributed by atoms with Crippen LogP contribution in [0.1, 0.15) is 11.3 Å². The van der Waals surface area contributed by atoms with Crippen molar-refractivity contribution in [3.8, 4) is 11.5 Å².